The minimum Gasteiger partial charge on any atom is -0.444 e. The highest BCUT2D eigenvalue weighted by Gasteiger charge is 2.07. The lowest BCUT2D eigenvalue weighted by atomic mass is 10.1. The van der Waals surface area contributed by atoms with Crippen LogP contribution in [-0.2, 0) is 13.0 Å². The Bertz CT molecular complexity index is 909. The number of aliphatic imine (C=N–C) groups is 1. The van der Waals surface area contributed by atoms with Crippen LogP contribution < -0.4 is 10.6 Å². The highest BCUT2D eigenvalue weighted by molar-refractivity contribution is 14.0. The molecule has 0 radical (unpaired) electrons. The van der Waals surface area contributed by atoms with Crippen LogP contribution in [0, 0.1) is 6.92 Å². The predicted octanol–water partition coefficient (Wildman–Crippen LogP) is 4.83. The molecule has 0 saturated heterocycles. The van der Waals surface area contributed by atoms with Crippen molar-refractivity contribution in [2.45, 2.75) is 19.9 Å². The molecule has 148 valence electrons. The summed E-state index contributed by atoms with van der Waals surface area (Å²) in [6.45, 7) is 3.42. The normalized spacial score (nSPS) is 11.0. The van der Waals surface area contributed by atoms with Crippen LogP contribution in [0.5, 0.6) is 0 Å². The topological polar surface area (TPSA) is 62.5 Å². The van der Waals surface area contributed by atoms with Crippen LogP contribution in [0.15, 0.2) is 64.2 Å². The van der Waals surface area contributed by atoms with Crippen LogP contribution in [0.3, 0.4) is 0 Å². The van der Waals surface area contributed by atoms with E-state index in [9.17, 15) is 0 Å². The summed E-state index contributed by atoms with van der Waals surface area (Å²) in [6, 6.07) is 15.9. The summed E-state index contributed by atoms with van der Waals surface area (Å²) in [4.78, 5) is 8.79. The third-order valence-electron chi connectivity index (χ3n) is 4.10. The Labute approximate surface area is 187 Å². The number of guanidine groups is 1. The molecule has 2 aromatic carbocycles. The molecule has 7 heteroatoms. The number of oxazole rings is 1. The Morgan fingerprint density at radius 1 is 1.14 bits per heavy atom. The lowest BCUT2D eigenvalue weighted by Crippen LogP contribution is -2.37. The van der Waals surface area contributed by atoms with Crippen molar-refractivity contribution in [1.29, 1.82) is 0 Å². The summed E-state index contributed by atoms with van der Waals surface area (Å²) in [6.07, 6.45) is 2.45. The van der Waals surface area contributed by atoms with Gasteiger partial charge in [-0.2, -0.15) is 0 Å². The van der Waals surface area contributed by atoms with Crippen molar-refractivity contribution in [3.63, 3.8) is 0 Å². The number of rotatable bonds is 6. The van der Waals surface area contributed by atoms with Crippen molar-refractivity contribution in [2.75, 3.05) is 13.6 Å². The molecule has 5 nitrogen and oxygen atoms in total. The van der Waals surface area contributed by atoms with Crippen molar-refractivity contribution < 1.29 is 4.42 Å². The molecule has 0 amide bonds. The molecule has 0 fully saturated rings. The quantitative estimate of drug-likeness (QED) is 0.283. The van der Waals surface area contributed by atoms with E-state index in [0.717, 1.165) is 34.2 Å². The lowest BCUT2D eigenvalue weighted by molar-refractivity contribution is 0.572. The number of nitrogens with one attached hydrogen (secondary N) is 2. The Morgan fingerprint density at radius 2 is 1.93 bits per heavy atom. The summed E-state index contributed by atoms with van der Waals surface area (Å²) < 4.78 is 5.59. The zero-order valence-electron chi connectivity index (χ0n) is 15.9. The smallest absolute Gasteiger partial charge is 0.226 e. The second kappa shape index (κ2) is 11.1. The predicted molar refractivity (Wildman–Crippen MR) is 125 cm³/mol. The van der Waals surface area contributed by atoms with Crippen molar-refractivity contribution in [3.05, 3.63) is 76.6 Å². The van der Waals surface area contributed by atoms with Crippen LogP contribution in [0.25, 0.3) is 11.5 Å². The highest BCUT2D eigenvalue weighted by Crippen LogP contribution is 2.19. The minimum absolute atomic E-state index is 0. The molecular formula is C21H24ClIN4O. The molecule has 3 aromatic rings. The second-order valence-electron chi connectivity index (χ2n) is 6.24. The zero-order chi connectivity index (χ0) is 19.1. The number of halogens is 2. The highest BCUT2D eigenvalue weighted by atomic mass is 127. The molecule has 28 heavy (non-hydrogen) atoms. The van der Waals surface area contributed by atoms with Crippen molar-refractivity contribution in [2.24, 2.45) is 4.99 Å². The number of aryl methyl sites for hydroxylation is 1. The first-order valence-corrected chi connectivity index (χ1v) is 9.22. The first kappa shape index (κ1) is 22.2. The van der Waals surface area contributed by atoms with Crippen molar-refractivity contribution in [1.82, 2.24) is 15.6 Å². The van der Waals surface area contributed by atoms with Gasteiger partial charge in [0.1, 0.15) is 6.26 Å². The fraction of sp³-hybridized carbons (Fsp3) is 0.238. The molecule has 0 aliphatic carbocycles. The van der Waals surface area contributed by atoms with E-state index >= 15 is 0 Å². The van der Waals surface area contributed by atoms with Crippen LogP contribution in [0.4, 0.5) is 0 Å². The molecule has 1 heterocycles. The van der Waals surface area contributed by atoms with E-state index in [-0.39, 0.29) is 24.0 Å². The molecule has 0 spiro atoms. The van der Waals surface area contributed by atoms with Gasteiger partial charge in [0.25, 0.3) is 0 Å². The number of aromatic nitrogens is 1. The van der Waals surface area contributed by atoms with Gasteiger partial charge in [0.2, 0.25) is 5.89 Å². The van der Waals surface area contributed by atoms with Crippen LogP contribution in [-0.4, -0.2) is 24.5 Å². The van der Waals surface area contributed by atoms with E-state index in [4.69, 9.17) is 16.0 Å². The van der Waals surface area contributed by atoms with Gasteiger partial charge >= 0.3 is 0 Å². The summed E-state index contributed by atoms with van der Waals surface area (Å²) in [5, 5.41) is 7.28. The largest absolute Gasteiger partial charge is 0.444 e. The standard InChI is InChI=1S/C21H23ClN4O.HI/c1-15-6-8-17(9-7-15)20-26-19(14-27-20)10-11-24-21(23-2)25-13-16-4-3-5-18(22)12-16;/h3-9,12,14H,10-11,13H2,1-2H3,(H2,23,24,25);1H. The van der Waals surface area contributed by atoms with Gasteiger partial charge < -0.3 is 15.1 Å². The summed E-state index contributed by atoms with van der Waals surface area (Å²) in [5.41, 5.74) is 4.21. The number of nitrogens with zero attached hydrogens (tertiary/aromatic N) is 2. The fourth-order valence-electron chi connectivity index (χ4n) is 2.61. The third-order valence-corrected chi connectivity index (χ3v) is 4.33. The van der Waals surface area contributed by atoms with E-state index in [2.05, 4.69) is 39.7 Å². The SMILES string of the molecule is CN=C(NCCc1coc(-c2ccc(C)cc2)n1)NCc1cccc(Cl)c1.I. The summed E-state index contributed by atoms with van der Waals surface area (Å²) >= 11 is 6.01. The molecular weight excluding hydrogens is 487 g/mol. The van der Waals surface area contributed by atoms with Gasteiger partial charge in [-0.05, 0) is 36.8 Å². The molecule has 1 aromatic heterocycles. The van der Waals surface area contributed by atoms with Crippen LogP contribution in [0.1, 0.15) is 16.8 Å². The van der Waals surface area contributed by atoms with E-state index in [1.165, 1.54) is 5.56 Å². The second-order valence-corrected chi connectivity index (χ2v) is 6.68. The van der Waals surface area contributed by atoms with Gasteiger partial charge in [-0.25, -0.2) is 4.98 Å². The van der Waals surface area contributed by atoms with E-state index in [1.54, 1.807) is 13.3 Å². The zero-order valence-corrected chi connectivity index (χ0v) is 19.0. The van der Waals surface area contributed by atoms with Gasteiger partial charge in [-0.15, -0.1) is 24.0 Å². The lowest BCUT2D eigenvalue weighted by Gasteiger charge is -2.11. The maximum absolute atomic E-state index is 6.01. The van der Waals surface area contributed by atoms with E-state index in [1.807, 2.05) is 36.4 Å². The van der Waals surface area contributed by atoms with Crippen LogP contribution >= 0.6 is 35.6 Å². The fourth-order valence-corrected chi connectivity index (χ4v) is 2.83. The Kier molecular flexibility index (Phi) is 8.79. The van der Waals surface area contributed by atoms with Crippen LogP contribution in [0.2, 0.25) is 5.02 Å². The molecule has 0 saturated carbocycles. The number of hydrogen-bond acceptors (Lipinski definition) is 3. The molecule has 2 N–H and O–H groups in total. The molecule has 0 aliphatic heterocycles. The van der Waals surface area contributed by atoms with Gasteiger partial charge in [0, 0.05) is 37.1 Å². The Morgan fingerprint density at radius 3 is 2.64 bits per heavy atom. The monoisotopic (exact) mass is 510 g/mol. The Hall–Kier alpha value is -2.06. The maximum Gasteiger partial charge on any atom is 0.226 e. The van der Waals surface area contributed by atoms with E-state index in [0.29, 0.717) is 19.0 Å². The van der Waals surface area contributed by atoms with Gasteiger partial charge in [-0.3, -0.25) is 4.99 Å². The molecule has 3 rings (SSSR count). The third kappa shape index (κ3) is 6.53. The number of benzene rings is 2. The van der Waals surface area contributed by atoms with Gasteiger partial charge in [-0.1, -0.05) is 41.4 Å². The maximum atomic E-state index is 6.01. The van der Waals surface area contributed by atoms with Gasteiger partial charge in [0.15, 0.2) is 5.96 Å². The average Bonchev–Trinajstić information content (AvgIpc) is 3.14. The van der Waals surface area contributed by atoms with E-state index < -0.39 is 0 Å². The minimum atomic E-state index is 0. The average molecular weight is 511 g/mol. The summed E-state index contributed by atoms with van der Waals surface area (Å²) in [5.74, 6) is 1.38. The molecule has 0 bridgehead atoms. The molecule has 0 atom stereocenters. The number of hydrogen-bond donors (Lipinski definition) is 2. The first-order valence-electron chi connectivity index (χ1n) is 8.84. The molecule has 0 aliphatic rings. The Balaban J connectivity index is 0.00000280. The summed E-state index contributed by atoms with van der Waals surface area (Å²) in [7, 11) is 1.75. The van der Waals surface area contributed by atoms with Crippen molar-refractivity contribution in [3.8, 4) is 11.5 Å². The molecule has 0 unspecified atom stereocenters. The van der Waals surface area contributed by atoms with Crippen molar-refractivity contribution >= 4 is 41.5 Å². The first-order chi connectivity index (χ1) is 13.1. The van der Waals surface area contributed by atoms with Gasteiger partial charge in [0.05, 0.1) is 5.69 Å².